The third-order valence-corrected chi connectivity index (χ3v) is 6.19. The molecule has 0 heterocycles. The third kappa shape index (κ3) is 12.6. The molecular weight excluding hydrogens is 424 g/mol. The van der Waals surface area contributed by atoms with Gasteiger partial charge < -0.3 is 10.6 Å². The van der Waals surface area contributed by atoms with Crippen molar-refractivity contribution in [2.24, 2.45) is 5.73 Å². The molecule has 0 unspecified atom stereocenters. The van der Waals surface area contributed by atoms with Crippen LogP contribution in [0, 0.1) is 0 Å². The summed E-state index contributed by atoms with van der Waals surface area (Å²) in [4.78, 5) is 2.51. The van der Waals surface area contributed by atoms with Gasteiger partial charge in [0.25, 0.3) is 0 Å². The molecule has 0 aliphatic heterocycles. The van der Waals surface area contributed by atoms with Crippen molar-refractivity contribution in [2.75, 3.05) is 6.54 Å². The molecule has 1 aliphatic carbocycles. The predicted molar refractivity (Wildman–Crippen MR) is 151 cm³/mol. The van der Waals surface area contributed by atoms with Gasteiger partial charge in [-0.3, -0.25) is 0 Å². The van der Waals surface area contributed by atoms with Crippen molar-refractivity contribution in [3.8, 4) is 0 Å². The van der Waals surface area contributed by atoms with E-state index < -0.39 is 0 Å². The first-order valence-corrected chi connectivity index (χ1v) is 12.8. The summed E-state index contributed by atoms with van der Waals surface area (Å²) < 4.78 is 0. The van der Waals surface area contributed by atoms with E-state index in [-0.39, 0.29) is 0 Å². The van der Waals surface area contributed by atoms with Crippen LogP contribution in [0.2, 0.25) is 5.02 Å². The van der Waals surface area contributed by atoms with Gasteiger partial charge in [0.1, 0.15) is 0 Å². The number of nitrogens with two attached hydrogens (primary N) is 1. The van der Waals surface area contributed by atoms with Crippen molar-refractivity contribution >= 4 is 11.6 Å². The third-order valence-electron chi connectivity index (χ3n) is 5.84. The molecule has 184 valence electrons. The summed E-state index contributed by atoms with van der Waals surface area (Å²) in [6, 6.07) is 7.09. The van der Waals surface area contributed by atoms with Gasteiger partial charge in [0.15, 0.2) is 0 Å². The van der Waals surface area contributed by atoms with Crippen LogP contribution < -0.4 is 5.73 Å². The summed E-state index contributed by atoms with van der Waals surface area (Å²) in [5.41, 5.74) is 9.56. The quantitative estimate of drug-likeness (QED) is 0.365. The largest absolute Gasteiger partial charge is 0.405 e. The fourth-order valence-corrected chi connectivity index (χ4v) is 4.31. The standard InChI is InChI=1S/C16H19Cl.C12H23N.C2H5N/c1-4-7-8-13(5-2)11-14-9-10-15(6-3)16(17)12-14;1-4-11(3)13(5-2)12-9-7-6-8-10-12;1-2-3/h4-5,7-10,12H,2,6,11H2,1,3H3;12H,3-10H2,1-2H3;2H,1,3H2/b7-4-,13-8+;;. The van der Waals surface area contributed by atoms with Crippen LogP contribution in [0.4, 0.5) is 0 Å². The first-order valence-electron chi connectivity index (χ1n) is 12.4. The average molecular weight is 471 g/mol. The van der Waals surface area contributed by atoms with Crippen LogP contribution in [-0.4, -0.2) is 17.5 Å². The molecule has 33 heavy (non-hydrogen) atoms. The van der Waals surface area contributed by atoms with Gasteiger partial charge in [0.05, 0.1) is 0 Å². The minimum absolute atomic E-state index is 0.797. The molecule has 0 amide bonds. The van der Waals surface area contributed by atoms with E-state index in [4.69, 9.17) is 11.6 Å². The Bertz CT molecular complexity index is 755. The Morgan fingerprint density at radius 2 is 1.79 bits per heavy atom. The summed E-state index contributed by atoms with van der Waals surface area (Å²) in [5, 5.41) is 0.861. The number of hydrogen-bond donors (Lipinski definition) is 1. The molecular formula is C30H47ClN2. The maximum absolute atomic E-state index is 6.20. The minimum Gasteiger partial charge on any atom is -0.405 e. The second kappa shape index (κ2) is 19.3. The first-order chi connectivity index (χ1) is 15.9. The summed E-state index contributed by atoms with van der Waals surface area (Å²) >= 11 is 6.20. The lowest BCUT2D eigenvalue weighted by Crippen LogP contribution is -2.35. The highest BCUT2D eigenvalue weighted by Gasteiger charge is 2.19. The normalized spacial score (nSPS) is 13.9. The average Bonchev–Trinajstić information content (AvgIpc) is 2.83. The number of aryl methyl sites for hydroxylation is 1. The van der Waals surface area contributed by atoms with Crippen LogP contribution in [0.5, 0.6) is 0 Å². The molecule has 3 heteroatoms. The molecule has 2 nitrogen and oxygen atoms in total. The second-order valence-corrected chi connectivity index (χ2v) is 8.57. The first kappa shape index (κ1) is 30.8. The Morgan fingerprint density at radius 3 is 2.24 bits per heavy atom. The maximum atomic E-state index is 6.20. The van der Waals surface area contributed by atoms with Gasteiger partial charge in [-0.2, -0.15) is 0 Å². The van der Waals surface area contributed by atoms with E-state index in [2.05, 4.69) is 69.4 Å². The van der Waals surface area contributed by atoms with E-state index in [9.17, 15) is 0 Å². The van der Waals surface area contributed by atoms with E-state index in [1.54, 1.807) is 0 Å². The monoisotopic (exact) mass is 470 g/mol. The van der Waals surface area contributed by atoms with Crippen molar-refractivity contribution in [3.05, 3.63) is 95.9 Å². The molecule has 0 atom stereocenters. The zero-order chi connectivity index (χ0) is 25.1. The van der Waals surface area contributed by atoms with Crippen molar-refractivity contribution < 1.29 is 0 Å². The molecule has 1 aromatic rings. The maximum Gasteiger partial charge on any atom is 0.0440 e. The van der Waals surface area contributed by atoms with Gasteiger partial charge >= 0.3 is 0 Å². The predicted octanol–water partition coefficient (Wildman–Crippen LogP) is 8.79. The summed E-state index contributed by atoms with van der Waals surface area (Å²) in [5.74, 6) is 0. The molecule has 1 aliphatic rings. The number of nitrogens with zero attached hydrogens (tertiary/aromatic N) is 1. The van der Waals surface area contributed by atoms with E-state index in [0.717, 1.165) is 36.9 Å². The van der Waals surface area contributed by atoms with Gasteiger partial charge in [-0.15, -0.1) is 0 Å². The molecule has 0 aromatic heterocycles. The topological polar surface area (TPSA) is 29.3 Å². The van der Waals surface area contributed by atoms with E-state index in [1.807, 2.05) is 31.2 Å². The van der Waals surface area contributed by atoms with Crippen LogP contribution >= 0.6 is 11.6 Å². The summed E-state index contributed by atoms with van der Waals surface area (Å²) in [6.45, 7) is 20.8. The molecule has 1 fully saturated rings. The molecule has 1 aromatic carbocycles. The molecule has 0 spiro atoms. The SMILES string of the molecule is C=C(CC)N(CC)C1CCCCC1.C=C/C(=C\C=C/C)Cc1ccc(CC)c(Cl)c1.C=CN. The Kier molecular flexibility index (Phi) is 18.0. The lowest BCUT2D eigenvalue weighted by molar-refractivity contribution is 0.204. The molecule has 0 radical (unpaired) electrons. The highest BCUT2D eigenvalue weighted by atomic mass is 35.5. The molecule has 2 rings (SSSR count). The van der Waals surface area contributed by atoms with Crippen molar-refractivity contribution in [1.29, 1.82) is 0 Å². The lowest BCUT2D eigenvalue weighted by atomic mass is 9.94. The number of hydrogen-bond acceptors (Lipinski definition) is 2. The van der Waals surface area contributed by atoms with Crippen LogP contribution in [0.15, 0.2) is 79.7 Å². The summed E-state index contributed by atoms with van der Waals surface area (Å²) in [6.07, 6.45) is 19.2. The highest BCUT2D eigenvalue weighted by molar-refractivity contribution is 6.31. The fraction of sp³-hybridized carbons (Fsp3) is 0.467. The lowest BCUT2D eigenvalue weighted by Gasteiger charge is -2.36. The van der Waals surface area contributed by atoms with Gasteiger partial charge in [0.2, 0.25) is 0 Å². The fourth-order valence-electron chi connectivity index (χ4n) is 3.98. The van der Waals surface area contributed by atoms with Gasteiger partial charge in [-0.1, -0.05) is 101 Å². The van der Waals surface area contributed by atoms with Gasteiger partial charge in [-0.05, 0) is 74.9 Å². The summed E-state index contributed by atoms with van der Waals surface area (Å²) in [7, 11) is 0. The second-order valence-electron chi connectivity index (χ2n) is 8.16. The van der Waals surface area contributed by atoms with E-state index >= 15 is 0 Å². The molecule has 2 N–H and O–H groups in total. The van der Waals surface area contributed by atoms with Gasteiger partial charge in [0, 0.05) is 23.3 Å². The number of benzene rings is 1. The number of halogens is 1. The van der Waals surface area contributed by atoms with E-state index in [1.165, 1.54) is 60.7 Å². The minimum atomic E-state index is 0.797. The van der Waals surface area contributed by atoms with Crippen LogP contribution in [0.1, 0.15) is 77.3 Å². The van der Waals surface area contributed by atoms with Crippen LogP contribution in [0.3, 0.4) is 0 Å². The molecule has 0 bridgehead atoms. The Hall–Kier alpha value is -2.19. The molecule has 1 saturated carbocycles. The number of rotatable bonds is 9. The highest BCUT2D eigenvalue weighted by Crippen LogP contribution is 2.25. The van der Waals surface area contributed by atoms with Crippen molar-refractivity contribution in [2.45, 2.75) is 85.1 Å². The Morgan fingerprint density at radius 1 is 1.15 bits per heavy atom. The Labute approximate surface area is 209 Å². The van der Waals surface area contributed by atoms with E-state index in [0.29, 0.717) is 0 Å². The van der Waals surface area contributed by atoms with Crippen molar-refractivity contribution in [3.63, 3.8) is 0 Å². The number of allylic oxidation sites excluding steroid dienone is 6. The smallest absolute Gasteiger partial charge is 0.0440 e. The van der Waals surface area contributed by atoms with Gasteiger partial charge in [-0.25, -0.2) is 0 Å². The molecule has 0 saturated heterocycles. The van der Waals surface area contributed by atoms with Crippen LogP contribution in [-0.2, 0) is 12.8 Å². The van der Waals surface area contributed by atoms with Crippen molar-refractivity contribution in [1.82, 2.24) is 4.90 Å². The van der Waals surface area contributed by atoms with Crippen LogP contribution in [0.25, 0.3) is 0 Å². The zero-order valence-electron chi connectivity index (χ0n) is 21.6. The zero-order valence-corrected chi connectivity index (χ0v) is 22.3. The Balaban J connectivity index is 0.000000569.